The normalized spacial score (nSPS) is 31.3. The van der Waals surface area contributed by atoms with E-state index in [0.717, 1.165) is 37.3 Å². The number of guanidine groups is 1. The molecule has 4 nitrogen and oxygen atoms in total. The summed E-state index contributed by atoms with van der Waals surface area (Å²) in [6.45, 7) is 9.06. The summed E-state index contributed by atoms with van der Waals surface area (Å²) in [6, 6.07) is 0.891. The van der Waals surface area contributed by atoms with E-state index in [1.54, 1.807) is 0 Å². The number of aromatic nitrogens is 1. The molecule has 3 heterocycles. The molecule has 1 aromatic heterocycles. The molecule has 1 N–H and O–H groups in total. The van der Waals surface area contributed by atoms with Crippen LogP contribution in [0.25, 0.3) is 0 Å². The maximum Gasteiger partial charge on any atom is 0.194 e. The Morgan fingerprint density at radius 1 is 1.22 bits per heavy atom. The predicted octanol–water partition coefficient (Wildman–Crippen LogP) is 3.39. The lowest BCUT2D eigenvalue weighted by Gasteiger charge is -2.36. The summed E-state index contributed by atoms with van der Waals surface area (Å²) in [5.41, 5.74) is 1.36. The van der Waals surface area contributed by atoms with Crippen molar-refractivity contribution in [3.8, 4) is 0 Å². The summed E-state index contributed by atoms with van der Waals surface area (Å²) in [6.07, 6.45) is 6.29. The Balaban J connectivity index is 1.45. The molecular formula is C18H28N4S. The third kappa shape index (κ3) is 3.00. The molecule has 0 amide bonds. The first-order valence-electron chi connectivity index (χ1n) is 9.16. The minimum Gasteiger partial charge on any atom is -0.347 e. The molecule has 4 unspecified atom stereocenters. The average Bonchev–Trinajstić information content (AvgIpc) is 3.11. The number of hydrogen-bond donors (Lipinski definition) is 1. The maximum absolute atomic E-state index is 4.93. The molecule has 0 bridgehead atoms. The molecular weight excluding hydrogens is 304 g/mol. The molecule has 1 saturated heterocycles. The van der Waals surface area contributed by atoms with Crippen LogP contribution < -0.4 is 5.32 Å². The summed E-state index contributed by atoms with van der Waals surface area (Å²) >= 11 is 1.91. The van der Waals surface area contributed by atoms with Crippen LogP contribution in [0.3, 0.4) is 0 Å². The molecule has 5 heteroatoms. The van der Waals surface area contributed by atoms with Crippen molar-refractivity contribution >= 4 is 17.3 Å². The molecule has 4 rings (SSSR count). The van der Waals surface area contributed by atoms with Crippen molar-refractivity contribution in [3.63, 3.8) is 0 Å². The van der Waals surface area contributed by atoms with E-state index in [9.17, 15) is 0 Å². The average molecular weight is 333 g/mol. The van der Waals surface area contributed by atoms with Gasteiger partial charge in [-0.1, -0.05) is 13.8 Å². The molecule has 4 atom stereocenters. The molecule has 23 heavy (non-hydrogen) atoms. The van der Waals surface area contributed by atoms with E-state index in [1.807, 2.05) is 11.3 Å². The van der Waals surface area contributed by atoms with Gasteiger partial charge in [0.15, 0.2) is 5.96 Å². The SMILES string of the molecule is CC1CCc2nc(C(C)NC3=NCC4CCC(C)CN34)sc2C1. The highest BCUT2D eigenvalue weighted by Crippen LogP contribution is 2.32. The lowest BCUT2D eigenvalue weighted by molar-refractivity contribution is 0.210. The molecule has 0 radical (unpaired) electrons. The van der Waals surface area contributed by atoms with E-state index < -0.39 is 0 Å². The largest absolute Gasteiger partial charge is 0.347 e. The molecule has 126 valence electrons. The monoisotopic (exact) mass is 332 g/mol. The lowest BCUT2D eigenvalue weighted by atomic mass is 9.93. The number of piperidine rings is 1. The van der Waals surface area contributed by atoms with Gasteiger partial charge in [0.2, 0.25) is 0 Å². The number of nitrogens with one attached hydrogen (secondary N) is 1. The lowest BCUT2D eigenvalue weighted by Crippen LogP contribution is -2.48. The van der Waals surface area contributed by atoms with E-state index in [0.29, 0.717) is 6.04 Å². The van der Waals surface area contributed by atoms with E-state index in [2.05, 4.69) is 31.0 Å². The van der Waals surface area contributed by atoms with Gasteiger partial charge in [0.25, 0.3) is 0 Å². The second-order valence-corrected chi connectivity index (χ2v) is 8.90. The Morgan fingerprint density at radius 2 is 2.09 bits per heavy atom. The van der Waals surface area contributed by atoms with Crippen molar-refractivity contribution < 1.29 is 0 Å². The maximum atomic E-state index is 4.93. The molecule has 0 saturated carbocycles. The molecule has 2 aliphatic heterocycles. The molecule has 1 aromatic rings. The summed E-state index contributed by atoms with van der Waals surface area (Å²) in [5, 5.41) is 4.90. The second kappa shape index (κ2) is 6.08. The van der Waals surface area contributed by atoms with E-state index in [4.69, 9.17) is 9.98 Å². The third-order valence-electron chi connectivity index (χ3n) is 5.58. The Bertz CT molecular complexity index is 608. The highest BCUT2D eigenvalue weighted by Gasteiger charge is 2.33. The smallest absolute Gasteiger partial charge is 0.194 e. The van der Waals surface area contributed by atoms with E-state index in [-0.39, 0.29) is 6.04 Å². The summed E-state index contributed by atoms with van der Waals surface area (Å²) in [4.78, 5) is 13.7. The minimum absolute atomic E-state index is 0.260. The van der Waals surface area contributed by atoms with Crippen LogP contribution in [0, 0.1) is 11.8 Å². The minimum atomic E-state index is 0.260. The zero-order valence-electron chi connectivity index (χ0n) is 14.5. The third-order valence-corrected chi connectivity index (χ3v) is 6.89. The van der Waals surface area contributed by atoms with Crippen molar-refractivity contribution in [2.45, 2.75) is 65.0 Å². The number of rotatable bonds is 2. The van der Waals surface area contributed by atoms with Crippen molar-refractivity contribution in [2.75, 3.05) is 13.1 Å². The quantitative estimate of drug-likeness (QED) is 0.902. The van der Waals surface area contributed by atoms with Gasteiger partial charge in [-0.3, -0.25) is 4.99 Å². The van der Waals surface area contributed by atoms with Crippen LogP contribution >= 0.6 is 11.3 Å². The number of hydrogen-bond acceptors (Lipinski definition) is 5. The van der Waals surface area contributed by atoms with Crippen LogP contribution in [0.1, 0.15) is 61.7 Å². The number of nitrogens with zero attached hydrogens (tertiary/aromatic N) is 3. The zero-order valence-corrected chi connectivity index (χ0v) is 15.3. The van der Waals surface area contributed by atoms with Gasteiger partial charge >= 0.3 is 0 Å². The van der Waals surface area contributed by atoms with Crippen LogP contribution in [-0.2, 0) is 12.8 Å². The first-order valence-corrected chi connectivity index (χ1v) is 9.98. The second-order valence-electron chi connectivity index (χ2n) is 7.79. The highest BCUT2D eigenvalue weighted by molar-refractivity contribution is 7.11. The topological polar surface area (TPSA) is 40.5 Å². The van der Waals surface area contributed by atoms with Crippen molar-refractivity contribution in [2.24, 2.45) is 16.8 Å². The fraction of sp³-hybridized carbons (Fsp3) is 0.778. The number of fused-ring (bicyclic) bond motifs is 2. The van der Waals surface area contributed by atoms with Gasteiger partial charge in [-0.2, -0.15) is 0 Å². The van der Waals surface area contributed by atoms with Gasteiger partial charge in [-0.25, -0.2) is 4.98 Å². The van der Waals surface area contributed by atoms with Crippen molar-refractivity contribution in [1.29, 1.82) is 0 Å². The summed E-state index contributed by atoms with van der Waals surface area (Å²) in [5.74, 6) is 2.70. The predicted molar refractivity (Wildman–Crippen MR) is 96.0 cm³/mol. The van der Waals surface area contributed by atoms with Gasteiger partial charge in [-0.15, -0.1) is 11.3 Å². The Labute approximate surface area is 143 Å². The fourth-order valence-corrected chi connectivity index (χ4v) is 5.35. The standard InChI is InChI=1S/C18H28N4S/c1-11-5-7-15-16(8-11)23-17(21-15)13(3)20-18-19-9-14-6-4-12(2)10-22(14)18/h11-14H,4-10H2,1-3H3,(H,19,20). The van der Waals surface area contributed by atoms with Crippen molar-refractivity contribution in [1.82, 2.24) is 15.2 Å². The zero-order chi connectivity index (χ0) is 16.0. The first-order chi connectivity index (χ1) is 11.1. The van der Waals surface area contributed by atoms with Crippen LogP contribution in [0.15, 0.2) is 4.99 Å². The van der Waals surface area contributed by atoms with Crippen LogP contribution in [-0.4, -0.2) is 35.0 Å². The van der Waals surface area contributed by atoms with E-state index >= 15 is 0 Å². The highest BCUT2D eigenvalue weighted by atomic mass is 32.1. The number of aryl methyl sites for hydroxylation is 1. The van der Waals surface area contributed by atoms with Gasteiger partial charge in [0.1, 0.15) is 5.01 Å². The Hall–Kier alpha value is -1.10. The number of thiazole rings is 1. The molecule has 1 aliphatic carbocycles. The van der Waals surface area contributed by atoms with Gasteiger partial charge in [-0.05, 0) is 50.9 Å². The van der Waals surface area contributed by atoms with Gasteiger partial charge in [0.05, 0.1) is 24.3 Å². The van der Waals surface area contributed by atoms with Crippen LogP contribution in [0.5, 0.6) is 0 Å². The Morgan fingerprint density at radius 3 is 2.96 bits per heavy atom. The number of aliphatic imine (C=N–C) groups is 1. The summed E-state index contributed by atoms with van der Waals surface area (Å²) in [7, 11) is 0. The summed E-state index contributed by atoms with van der Waals surface area (Å²) < 4.78 is 0. The molecule has 3 aliphatic rings. The van der Waals surface area contributed by atoms with Crippen LogP contribution in [0.4, 0.5) is 0 Å². The van der Waals surface area contributed by atoms with Crippen LogP contribution in [0.2, 0.25) is 0 Å². The molecule has 0 aromatic carbocycles. The van der Waals surface area contributed by atoms with E-state index in [1.165, 1.54) is 41.3 Å². The fourth-order valence-electron chi connectivity index (χ4n) is 4.07. The molecule has 1 fully saturated rings. The van der Waals surface area contributed by atoms with Gasteiger partial charge in [0, 0.05) is 11.4 Å². The molecule has 0 spiro atoms. The van der Waals surface area contributed by atoms with Gasteiger partial charge < -0.3 is 10.2 Å². The Kier molecular flexibility index (Phi) is 4.08. The first kappa shape index (κ1) is 15.4. The van der Waals surface area contributed by atoms with Crippen molar-refractivity contribution in [3.05, 3.63) is 15.6 Å².